The minimum absolute atomic E-state index is 0.334. The molecule has 0 aliphatic carbocycles. The van der Waals surface area contributed by atoms with Gasteiger partial charge in [0, 0.05) is 12.7 Å². The molecule has 1 heterocycles. The normalized spacial score (nSPS) is 18.0. The summed E-state index contributed by atoms with van der Waals surface area (Å²) in [6, 6.07) is 0. The largest absolute Gasteiger partial charge is 0.368 e. The van der Waals surface area contributed by atoms with Crippen LogP contribution in [0, 0.1) is 0 Å². The van der Waals surface area contributed by atoms with Crippen molar-refractivity contribution in [3.8, 4) is 0 Å². The predicted molar refractivity (Wildman–Crippen MR) is 40.8 cm³/mol. The molecule has 1 aliphatic rings. The van der Waals surface area contributed by atoms with Gasteiger partial charge in [-0.2, -0.15) is 0 Å². The first-order valence-corrected chi connectivity index (χ1v) is 2.98. The molecule has 0 spiro atoms. The molecule has 0 aromatic rings. The fourth-order valence-electron chi connectivity index (χ4n) is 0.711. The second-order valence-electron chi connectivity index (χ2n) is 1.91. The van der Waals surface area contributed by atoms with Crippen LogP contribution in [0.3, 0.4) is 0 Å². The summed E-state index contributed by atoms with van der Waals surface area (Å²) in [5, 5.41) is 3.35. The third-order valence-corrected chi connectivity index (χ3v) is 1.24. The average Bonchev–Trinajstić information content (AvgIpc) is 2.05. The van der Waals surface area contributed by atoms with Crippen LogP contribution in [-0.4, -0.2) is 17.4 Å². The fraction of sp³-hybridized carbons (Fsp3) is 0.167. The SMILES string of the molecule is NN=C(N)N1C=CC=CC1. The molecule has 0 atom stereocenters. The van der Waals surface area contributed by atoms with Gasteiger partial charge < -0.3 is 16.5 Å². The standard InChI is InChI=1S/C6H10N4/c7-6(9-8)10-4-2-1-3-5-10/h1-4H,5,8H2,(H2,7,9). The van der Waals surface area contributed by atoms with Gasteiger partial charge in [-0.3, -0.25) is 0 Å². The first kappa shape index (κ1) is 6.67. The Balaban J connectivity index is 2.59. The molecule has 0 unspecified atom stereocenters. The Kier molecular flexibility index (Phi) is 1.94. The van der Waals surface area contributed by atoms with Crippen LogP contribution in [0.5, 0.6) is 0 Å². The quantitative estimate of drug-likeness (QED) is 0.206. The van der Waals surface area contributed by atoms with Gasteiger partial charge in [-0.1, -0.05) is 12.2 Å². The van der Waals surface area contributed by atoms with E-state index in [1.807, 2.05) is 24.4 Å². The van der Waals surface area contributed by atoms with E-state index >= 15 is 0 Å². The number of rotatable bonds is 0. The first-order chi connectivity index (χ1) is 4.84. The molecule has 0 radical (unpaired) electrons. The van der Waals surface area contributed by atoms with Crippen LogP contribution >= 0.6 is 0 Å². The lowest BCUT2D eigenvalue weighted by Crippen LogP contribution is -2.34. The van der Waals surface area contributed by atoms with E-state index in [2.05, 4.69) is 5.10 Å². The lowest BCUT2D eigenvalue weighted by atomic mass is 10.4. The summed E-state index contributed by atoms with van der Waals surface area (Å²) in [4.78, 5) is 1.75. The van der Waals surface area contributed by atoms with Crippen molar-refractivity contribution in [1.82, 2.24) is 4.90 Å². The smallest absolute Gasteiger partial charge is 0.217 e. The summed E-state index contributed by atoms with van der Waals surface area (Å²) in [5.41, 5.74) is 5.41. The monoisotopic (exact) mass is 138 g/mol. The van der Waals surface area contributed by atoms with Crippen LogP contribution in [0.25, 0.3) is 0 Å². The van der Waals surface area contributed by atoms with Crippen molar-refractivity contribution < 1.29 is 0 Å². The van der Waals surface area contributed by atoms with E-state index in [-0.39, 0.29) is 0 Å². The molecular formula is C6H10N4. The molecule has 4 heteroatoms. The van der Waals surface area contributed by atoms with Crippen molar-refractivity contribution in [3.05, 3.63) is 24.4 Å². The van der Waals surface area contributed by atoms with Gasteiger partial charge in [-0.15, -0.1) is 5.10 Å². The molecule has 0 aromatic heterocycles. The van der Waals surface area contributed by atoms with E-state index in [9.17, 15) is 0 Å². The molecular weight excluding hydrogens is 128 g/mol. The number of nitrogens with two attached hydrogens (primary N) is 2. The highest BCUT2D eigenvalue weighted by Gasteiger charge is 2.01. The Morgan fingerprint density at radius 3 is 2.80 bits per heavy atom. The number of hydrogen-bond donors (Lipinski definition) is 2. The van der Waals surface area contributed by atoms with Crippen molar-refractivity contribution in [2.45, 2.75) is 0 Å². The summed E-state index contributed by atoms with van der Waals surface area (Å²) < 4.78 is 0. The van der Waals surface area contributed by atoms with Crippen molar-refractivity contribution in [2.24, 2.45) is 16.7 Å². The number of hydrogen-bond acceptors (Lipinski definition) is 2. The summed E-state index contributed by atoms with van der Waals surface area (Å²) in [5.74, 6) is 5.30. The molecule has 0 aromatic carbocycles. The van der Waals surface area contributed by atoms with Gasteiger partial charge in [-0.05, 0) is 6.08 Å². The second kappa shape index (κ2) is 2.91. The van der Waals surface area contributed by atoms with Crippen LogP contribution < -0.4 is 11.6 Å². The zero-order valence-electron chi connectivity index (χ0n) is 5.57. The van der Waals surface area contributed by atoms with Gasteiger partial charge >= 0.3 is 0 Å². The van der Waals surface area contributed by atoms with Crippen LogP contribution in [0.2, 0.25) is 0 Å². The average molecular weight is 138 g/mol. The van der Waals surface area contributed by atoms with Gasteiger partial charge in [0.15, 0.2) is 0 Å². The molecule has 1 aliphatic heterocycles. The third kappa shape index (κ3) is 1.28. The molecule has 10 heavy (non-hydrogen) atoms. The van der Waals surface area contributed by atoms with E-state index in [1.165, 1.54) is 0 Å². The molecule has 4 nitrogen and oxygen atoms in total. The molecule has 0 saturated heterocycles. The van der Waals surface area contributed by atoms with Crippen LogP contribution in [0.15, 0.2) is 29.5 Å². The lowest BCUT2D eigenvalue weighted by Gasteiger charge is -2.17. The van der Waals surface area contributed by atoms with Gasteiger partial charge in [0.1, 0.15) is 0 Å². The van der Waals surface area contributed by atoms with Gasteiger partial charge in [0.25, 0.3) is 0 Å². The Bertz CT molecular complexity index is 192. The van der Waals surface area contributed by atoms with Crippen molar-refractivity contribution in [1.29, 1.82) is 0 Å². The topological polar surface area (TPSA) is 67.6 Å². The number of hydrazone groups is 1. The number of nitrogens with zero attached hydrogens (tertiary/aromatic N) is 2. The van der Waals surface area contributed by atoms with E-state index in [0.29, 0.717) is 5.96 Å². The van der Waals surface area contributed by atoms with Gasteiger partial charge in [0.2, 0.25) is 5.96 Å². The Labute approximate surface area is 59.5 Å². The van der Waals surface area contributed by atoms with Crippen molar-refractivity contribution in [3.63, 3.8) is 0 Å². The maximum Gasteiger partial charge on any atom is 0.217 e. The summed E-state index contributed by atoms with van der Waals surface area (Å²) in [7, 11) is 0. The highest BCUT2D eigenvalue weighted by molar-refractivity contribution is 5.79. The predicted octanol–water partition coefficient (Wildman–Crippen LogP) is -0.440. The van der Waals surface area contributed by atoms with Gasteiger partial charge in [0.05, 0.1) is 0 Å². The maximum absolute atomic E-state index is 5.41. The molecule has 0 fully saturated rings. The van der Waals surface area contributed by atoms with E-state index in [1.54, 1.807) is 4.90 Å². The molecule has 0 bridgehead atoms. The molecule has 54 valence electrons. The summed E-state index contributed by atoms with van der Waals surface area (Å²) in [6.07, 6.45) is 7.62. The highest BCUT2D eigenvalue weighted by Crippen LogP contribution is 1.96. The third-order valence-electron chi connectivity index (χ3n) is 1.24. The summed E-state index contributed by atoms with van der Waals surface area (Å²) >= 11 is 0. The van der Waals surface area contributed by atoms with Crippen molar-refractivity contribution >= 4 is 5.96 Å². The van der Waals surface area contributed by atoms with E-state index in [4.69, 9.17) is 11.6 Å². The first-order valence-electron chi connectivity index (χ1n) is 2.98. The van der Waals surface area contributed by atoms with Gasteiger partial charge in [-0.25, -0.2) is 0 Å². The zero-order valence-corrected chi connectivity index (χ0v) is 5.57. The summed E-state index contributed by atoms with van der Waals surface area (Å²) in [6.45, 7) is 0.739. The Hall–Kier alpha value is -1.45. The van der Waals surface area contributed by atoms with Crippen molar-refractivity contribution in [2.75, 3.05) is 6.54 Å². The molecule has 1 rings (SSSR count). The lowest BCUT2D eigenvalue weighted by molar-refractivity contribution is 0.605. The zero-order chi connectivity index (χ0) is 7.40. The molecule has 0 amide bonds. The number of guanidine groups is 1. The van der Waals surface area contributed by atoms with Crippen LogP contribution in [0.4, 0.5) is 0 Å². The molecule has 0 saturated carbocycles. The van der Waals surface area contributed by atoms with E-state index in [0.717, 1.165) is 6.54 Å². The Morgan fingerprint density at radius 2 is 2.30 bits per heavy atom. The highest BCUT2D eigenvalue weighted by atomic mass is 15.3. The molecule has 4 N–H and O–H groups in total. The van der Waals surface area contributed by atoms with E-state index < -0.39 is 0 Å². The maximum atomic E-state index is 5.41. The second-order valence-corrected chi connectivity index (χ2v) is 1.91. The fourth-order valence-corrected chi connectivity index (χ4v) is 0.711. The van der Waals surface area contributed by atoms with Crippen LogP contribution in [-0.2, 0) is 0 Å². The minimum Gasteiger partial charge on any atom is -0.368 e. The van der Waals surface area contributed by atoms with Crippen LogP contribution in [0.1, 0.15) is 0 Å². The number of allylic oxidation sites excluding steroid dienone is 2. The Morgan fingerprint density at radius 1 is 1.50 bits per heavy atom. The minimum atomic E-state index is 0.334.